The first-order valence-corrected chi connectivity index (χ1v) is 7.34. The van der Waals surface area contributed by atoms with Gasteiger partial charge in [0.05, 0.1) is 13.2 Å². The second-order valence-electron chi connectivity index (χ2n) is 5.62. The number of nitrogens with zero attached hydrogens (tertiary/aromatic N) is 2. The molecule has 2 aliphatic heterocycles. The van der Waals surface area contributed by atoms with Gasteiger partial charge in [-0.15, -0.1) is 0 Å². The Bertz CT molecular complexity index is 534. The van der Waals surface area contributed by atoms with Crippen molar-refractivity contribution in [3.05, 3.63) is 29.3 Å². The van der Waals surface area contributed by atoms with Crippen LogP contribution in [0.4, 0.5) is 4.79 Å². The van der Waals surface area contributed by atoms with Crippen LogP contribution < -0.4 is 15.8 Å². The molecule has 0 spiro atoms. The number of urea groups is 1. The first kappa shape index (κ1) is 14.2. The lowest BCUT2D eigenvalue weighted by molar-refractivity contribution is 0.116. The third-order valence-electron chi connectivity index (χ3n) is 4.29. The fraction of sp³-hybridized carbons (Fsp3) is 0.533. The minimum absolute atomic E-state index is 0.0774. The van der Waals surface area contributed by atoms with Gasteiger partial charge in [0.15, 0.2) is 0 Å². The van der Waals surface area contributed by atoms with E-state index in [2.05, 4.69) is 22.3 Å². The Labute approximate surface area is 124 Å². The maximum atomic E-state index is 11.6. The van der Waals surface area contributed by atoms with Crippen LogP contribution >= 0.6 is 0 Å². The summed E-state index contributed by atoms with van der Waals surface area (Å²) in [4.78, 5) is 15.9. The van der Waals surface area contributed by atoms with Gasteiger partial charge in [-0.1, -0.05) is 12.1 Å². The summed E-state index contributed by atoms with van der Waals surface area (Å²) in [6, 6.07) is 6.58. The summed E-state index contributed by atoms with van der Waals surface area (Å²) in [5.74, 6) is 0.853. The van der Waals surface area contributed by atoms with Gasteiger partial charge in [0.2, 0.25) is 0 Å². The van der Waals surface area contributed by atoms with Crippen LogP contribution in [0.3, 0.4) is 0 Å². The van der Waals surface area contributed by atoms with E-state index in [1.807, 2.05) is 11.0 Å². The standard InChI is InChI=1S/C15H22N4O2/c1-21-14-6-11(2-3-12(14)7-16)9-18-4-5-19-13(10-18)8-17-15(19)20/h2-3,6,13H,4-5,7-10,16H2,1H3,(H,17,20). The van der Waals surface area contributed by atoms with Crippen LogP contribution in [0.1, 0.15) is 11.1 Å². The van der Waals surface area contributed by atoms with E-state index >= 15 is 0 Å². The van der Waals surface area contributed by atoms with Crippen molar-refractivity contribution in [2.24, 2.45) is 5.73 Å². The van der Waals surface area contributed by atoms with E-state index < -0.39 is 0 Å². The lowest BCUT2D eigenvalue weighted by Gasteiger charge is -2.36. The highest BCUT2D eigenvalue weighted by atomic mass is 16.5. The third kappa shape index (κ3) is 2.82. The van der Waals surface area contributed by atoms with Crippen LogP contribution in [0.25, 0.3) is 0 Å². The van der Waals surface area contributed by atoms with E-state index in [4.69, 9.17) is 10.5 Å². The Morgan fingerprint density at radius 1 is 1.43 bits per heavy atom. The molecule has 0 saturated carbocycles. The first-order chi connectivity index (χ1) is 10.2. The number of benzene rings is 1. The van der Waals surface area contributed by atoms with Gasteiger partial charge in [-0.3, -0.25) is 4.90 Å². The quantitative estimate of drug-likeness (QED) is 0.840. The number of carbonyl (C=O) groups excluding carboxylic acids is 1. The van der Waals surface area contributed by atoms with E-state index in [0.717, 1.165) is 44.0 Å². The number of rotatable bonds is 4. The minimum Gasteiger partial charge on any atom is -0.496 e. The van der Waals surface area contributed by atoms with E-state index in [0.29, 0.717) is 12.6 Å². The van der Waals surface area contributed by atoms with Crippen molar-refractivity contribution >= 4 is 6.03 Å². The molecule has 114 valence electrons. The first-order valence-electron chi connectivity index (χ1n) is 7.34. The summed E-state index contributed by atoms with van der Waals surface area (Å²) in [6.07, 6.45) is 0. The molecule has 1 aromatic carbocycles. The average molecular weight is 290 g/mol. The van der Waals surface area contributed by atoms with Crippen molar-refractivity contribution in [2.75, 3.05) is 33.3 Å². The van der Waals surface area contributed by atoms with Gasteiger partial charge in [0.25, 0.3) is 0 Å². The lowest BCUT2D eigenvalue weighted by Crippen LogP contribution is -2.51. The summed E-state index contributed by atoms with van der Waals surface area (Å²) in [6.45, 7) is 4.74. The number of piperazine rings is 1. The summed E-state index contributed by atoms with van der Waals surface area (Å²) < 4.78 is 5.39. The van der Waals surface area contributed by atoms with Crippen molar-refractivity contribution in [2.45, 2.75) is 19.1 Å². The van der Waals surface area contributed by atoms with Crippen LogP contribution in [-0.4, -0.2) is 55.2 Å². The predicted octanol–water partition coefficient (Wildman–Crippen LogP) is 0.363. The molecule has 0 radical (unpaired) electrons. The SMILES string of the molecule is COc1cc(CN2CCN3C(=O)NCC3C2)ccc1CN. The van der Waals surface area contributed by atoms with Crippen molar-refractivity contribution in [1.29, 1.82) is 0 Å². The van der Waals surface area contributed by atoms with Gasteiger partial charge in [0.1, 0.15) is 5.75 Å². The number of nitrogens with two attached hydrogens (primary N) is 1. The molecule has 0 aromatic heterocycles. The zero-order valence-corrected chi connectivity index (χ0v) is 12.3. The molecule has 2 saturated heterocycles. The molecular weight excluding hydrogens is 268 g/mol. The van der Waals surface area contributed by atoms with Crippen LogP contribution in [-0.2, 0) is 13.1 Å². The number of nitrogens with one attached hydrogen (secondary N) is 1. The Morgan fingerprint density at radius 2 is 2.29 bits per heavy atom. The molecule has 2 fully saturated rings. The van der Waals surface area contributed by atoms with E-state index in [1.54, 1.807) is 7.11 Å². The molecule has 6 heteroatoms. The molecule has 1 atom stereocenters. The maximum Gasteiger partial charge on any atom is 0.317 e. The minimum atomic E-state index is 0.0774. The monoisotopic (exact) mass is 290 g/mol. The summed E-state index contributed by atoms with van der Waals surface area (Å²) in [5, 5.41) is 2.91. The van der Waals surface area contributed by atoms with E-state index in [9.17, 15) is 4.79 Å². The molecule has 2 aliphatic rings. The van der Waals surface area contributed by atoms with Crippen molar-refractivity contribution in [1.82, 2.24) is 15.1 Å². The maximum absolute atomic E-state index is 11.6. The summed E-state index contributed by atoms with van der Waals surface area (Å²) in [5.41, 5.74) is 7.94. The number of hydrogen-bond donors (Lipinski definition) is 2. The van der Waals surface area contributed by atoms with Crippen molar-refractivity contribution < 1.29 is 9.53 Å². The van der Waals surface area contributed by atoms with E-state index in [-0.39, 0.29) is 6.03 Å². The highest BCUT2D eigenvalue weighted by Gasteiger charge is 2.35. The largest absolute Gasteiger partial charge is 0.496 e. The molecule has 21 heavy (non-hydrogen) atoms. The zero-order valence-electron chi connectivity index (χ0n) is 12.3. The molecule has 6 nitrogen and oxygen atoms in total. The smallest absolute Gasteiger partial charge is 0.317 e. The number of methoxy groups -OCH3 is 1. The molecule has 2 amide bonds. The van der Waals surface area contributed by atoms with Gasteiger partial charge in [-0.25, -0.2) is 4.79 Å². The Balaban J connectivity index is 1.66. The van der Waals surface area contributed by atoms with Gasteiger partial charge >= 0.3 is 6.03 Å². The Hall–Kier alpha value is -1.79. The topological polar surface area (TPSA) is 70.8 Å². The Morgan fingerprint density at radius 3 is 3.05 bits per heavy atom. The van der Waals surface area contributed by atoms with Gasteiger partial charge in [0, 0.05) is 44.8 Å². The third-order valence-corrected chi connectivity index (χ3v) is 4.29. The predicted molar refractivity (Wildman–Crippen MR) is 80.1 cm³/mol. The zero-order chi connectivity index (χ0) is 14.8. The lowest BCUT2D eigenvalue weighted by atomic mass is 10.1. The second kappa shape index (κ2) is 5.91. The fourth-order valence-corrected chi connectivity index (χ4v) is 3.13. The van der Waals surface area contributed by atoms with Gasteiger partial charge in [-0.2, -0.15) is 0 Å². The molecular formula is C15H22N4O2. The molecule has 1 unspecified atom stereocenters. The molecule has 1 aromatic rings. The molecule has 3 rings (SSSR count). The number of fused-ring (bicyclic) bond motifs is 1. The molecule has 0 aliphatic carbocycles. The number of hydrogen-bond acceptors (Lipinski definition) is 4. The highest BCUT2D eigenvalue weighted by Crippen LogP contribution is 2.22. The summed E-state index contributed by atoms with van der Waals surface area (Å²) >= 11 is 0. The van der Waals surface area contributed by atoms with Gasteiger partial charge < -0.3 is 20.7 Å². The Kier molecular flexibility index (Phi) is 3.98. The highest BCUT2D eigenvalue weighted by molar-refractivity contribution is 5.77. The number of carbonyl (C=O) groups is 1. The molecule has 2 heterocycles. The second-order valence-corrected chi connectivity index (χ2v) is 5.62. The average Bonchev–Trinajstić information content (AvgIpc) is 2.88. The normalized spacial score (nSPS) is 22.1. The van der Waals surface area contributed by atoms with Crippen LogP contribution in [0.15, 0.2) is 18.2 Å². The van der Waals surface area contributed by atoms with Crippen molar-refractivity contribution in [3.63, 3.8) is 0 Å². The van der Waals surface area contributed by atoms with Crippen LogP contribution in [0.2, 0.25) is 0 Å². The molecule has 0 bridgehead atoms. The number of amides is 2. The van der Waals surface area contributed by atoms with Crippen LogP contribution in [0.5, 0.6) is 5.75 Å². The summed E-state index contributed by atoms with van der Waals surface area (Å²) in [7, 11) is 1.67. The van der Waals surface area contributed by atoms with Crippen molar-refractivity contribution in [3.8, 4) is 5.75 Å². The number of ether oxygens (including phenoxy) is 1. The van der Waals surface area contributed by atoms with Gasteiger partial charge in [-0.05, 0) is 11.6 Å². The molecule has 3 N–H and O–H groups in total. The fourth-order valence-electron chi connectivity index (χ4n) is 3.13. The van der Waals surface area contributed by atoms with Crippen LogP contribution in [0, 0.1) is 0 Å². The van der Waals surface area contributed by atoms with E-state index in [1.165, 1.54) is 5.56 Å².